The Kier molecular flexibility index (Phi) is 3.92. The lowest BCUT2D eigenvalue weighted by atomic mass is 9.87. The summed E-state index contributed by atoms with van der Waals surface area (Å²) in [7, 11) is 0. The Morgan fingerprint density at radius 1 is 1.05 bits per heavy atom. The van der Waals surface area contributed by atoms with Crippen LogP contribution in [0.3, 0.4) is 0 Å². The molecule has 1 aliphatic heterocycles. The van der Waals surface area contributed by atoms with E-state index in [1.165, 1.54) is 17.5 Å². The number of ether oxygens (including phenoxy) is 1. The van der Waals surface area contributed by atoms with Crippen LogP contribution in [0.2, 0.25) is 0 Å². The number of carbonyl (C=O) groups is 1. The van der Waals surface area contributed by atoms with Crippen molar-refractivity contribution in [3.8, 4) is 5.75 Å². The Balaban J connectivity index is 2.09. The van der Waals surface area contributed by atoms with Crippen LogP contribution in [0.4, 0.5) is 0 Å². The van der Waals surface area contributed by atoms with Gasteiger partial charge in [-0.2, -0.15) is 0 Å². The molecule has 1 aliphatic carbocycles. The van der Waals surface area contributed by atoms with Crippen LogP contribution in [-0.2, 0) is 0 Å². The van der Waals surface area contributed by atoms with Crippen molar-refractivity contribution in [3.05, 3.63) is 28.8 Å². The fourth-order valence-electron chi connectivity index (χ4n) is 3.56. The van der Waals surface area contributed by atoms with Crippen LogP contribution in [0.15, 0.2) is 12.1 Å². The maximum atomic E-state index is 12.7. The number of carbonyl (C=O) groups excluding carboxylic acids is 1. The number of rotatable bonds is 2. The quantitative estimate of drug-likeness (QED) is 0.858. The van der Waals surface area contributed by atoms with Crippen LogP contribution in [0.1, 0.15) is 93.1 Å². The van der Waals surface area contributed by atoms with E-state index in [2.05, 4.69) is 39.1 Å². The highest BCUT2D eigenvalue weighted by Crippen LogP contribution is 2.41. The van der Waals surface area contributed by atoms with E-state index in [1.54, 1.807) is 0 Å². The molecule has 1 aromatic rings. The average molecular weight is 301 g/mol. The predicted octanol–water partition coefficient (Wildman–Crippen LogP) is 4.72. The van der Waals surface area contributed by atoms with Gasteiger partial charge in [0, 0.05) is 12.8 Å². The van der Waals surface area contributed by atoms with E-state index >= 15 is 0 Å². The second-order valence-corrected chi connectivity index (χ2v) is 7.41. The first-order chi connectivity index (χ1) is 10.4. The minimum Gasteiger partial charge on any atom is -0.467 e. The molecule has 0 saturated heterocycles. The van der Waals surface area contributed by atoms with E-state index in [9.17, 15) is 4.79 Å². The van der Waals surface area contributed by atoms with Crippen LogP contribution in [0.5, 0.6) is 5.75 Å². The van der Waals surface area contributed by atoms with Crippen LogP contribution in [-0.4, -0.2) is 11.6 Å². The molecule has 3 rings (SSSR count). The summed E-state index contributed by atoms with van der Waals surface area (Å²) in [4.78, 5) is 12.7. The molecule has 1 heterocycles. The van der Waals surface area contributed by atoms with Gasteiger partial charge in [0.05, 0.1) is 5.56 Å². The summed E-state index contributed by atoms with van der Waals surface area (Å²) < 4.78 is 6.43. The van der Waals surface area contributed by atoms with Crippen molar-refractivity contribution < 1.29 is 9.53 Å². The molecule has 1 spiro atoms. The van der Waals surface area contributed by atoms with E-state index in [0.717, 1.165) is 31.4 Å². The Labute approximate surface area is 133 Å². The van der Waals surface area contributed by atoms with Crippen LogP contribution < -0.4 is 10.1 Å². The topological polar surface area (TPSA) is 38.3 Å². The number of nitrogens with one attached hydrogen (secondary N) is 1. The van der Waals surface area contributed by atoms with E-state index in [4.69, 9.17) is 4.74 Å². The highest BCUT2D eigenvalue weighted by Gasteiger charge is 2.42. The fraction of sp³-hybridized carbons (Fsp3) is 0.632. The molecule has 2 aliphatic rings. The average Bonchev–Trinajstić information content (AvgIpc) is 2.46. The van der Waals surface area contributed by atoms with Gasteiger partial charge in [0.1, 0.15) is 5.75 Å². The number of fused-ring (bicyclic) bond motifs is 1. The van der Waals surface area contributed by atoms with E-state index in [-0.39, 0.29) is 5.91 Å². The lowest BCUT2D eigenvalue weighted by Gasteiger charge is -2.42. The third-order valence-electron chi connectivity index (χ3n) is 4.97. The zero-order valence-electron chi connectivity index (χ0n) is 14.2. The van der Waals surface area contributed by atoms with Gasteiger partial charge in [-0.3, -0.25) is 4.79 Å². The van der Waals surface area contributed by atoms with Crippen molar-refractivity contribution in [2.45, 2.75) is 77.4 Å². The van der Waals surface area contributed by atoms with Gasteiger partial charge in [-0.1, -0.05) is 40.2 Å². The van der Waals surface area contributed by atoms with E-state index in [1.807, 2.05) is 6.07 Å². The van der Waals surface area contributed by atoms with Crippen LogP contribution in [0.25, 0.3) is 0 Å². The van der Waals surface area contributed by atoms with Gasteiger partial charge in [-0.15, -0.1) is 0 Å². The van der Waals surface area contributed by atoms with Crippen molar-refractivity contribution in [3.63, 3.8) is 0 Å². The molecule has 1 saturated carbocycles. The summed E-state index contributed by atoms with van der Waals surface area (Å²) in [5, 5.41) is 3.16. The van der Waals surface area contributed by atoms with Crippen molar-refractivity contribution in [2.24, 2.45) is 0 Å². The number of hydrogen-bond acceptors (Lipinski definition) is 2. The summed E-state index contributed by atoms with van der Waals surface area (Å²) in [6.45, 7) is 8.67. The first-order valence-electron chi connectivity index (χ1n) is 8.61. The van der Waals surface area contributed by atoms with Gasteiger partial charge >= 0.3 is 0 Å². The number of hydrogen-bond donors (Lipinski definition) is 1. The van der Waals surface area contributed by atoms with Gasteiger partial charge < -0.3 is 10.1 Å². The molecular formula is C19H27NO2. The minimum atomic E-state index is -0.467. The smallest absolute Gasteiger partial charge is 0.258 e. The van der Waals surface area contributed by atoms with Crippen molar-refractivity contribution >= 4 is 5.91 Å². The van der Waals surface area contributed by atoms with Gasteiger partial charge in [0.2, 0.25) is 0 Å². The predicted molar refractivity (Wildman–Crippen MR) is 88.5 cm³/mol. The van der Waals surface area contributed by atoms with Crippen molar-refractivity contribution in [2.75, 3.05) is 0 Å². The first kappa shape index (κ1) is 15.4. The largest absolute Gasteiger partial charge is 0.467 e. The van der Waals surface area contributed by atoms with Crippen molar-refractivity contribution in [1.29, 1.82) is 0 Å². The molecular weight excluding hydrogens is 274 g/mol. The summed E-state index contributed by atoms with van der Waals surface area (Å²) in [5.41, 5.74) is 2.62. The molecule has 1 fully saturated rings. The highest BCUT2D eigenvalue weighted by atomic mass is 16.5. The molecule has 0 radical (unpaired) electrons. The van der Waals surface area contributed by atoms with Gasteiger partial charge in [0.25, 0.3) is 5.91 Å². The summed E-state index contributed by atoms with van der Waals surface area (Å²) in [5.74, 6) is 1.61. The monoisotopic (exact) mass is 301 g/mol. The molecule has 1 amide bonds. The Bertz CT molecular complexity index is 583. The summed E-state index contributed by atoms with van der Waals surface area (Å²) >= 11 is 0. The summed E-state index contributed by atoms with van der Waals surface area (Å²) in [6.07, 6.45) is 5.31. The normalized spacial score (nSPS) is 20.0. The molecule has 0 bridgehead atoms. The molecule has 0 unspecified atom stereocenters. The third-order valence-corrected chi connectivity index (χ3v) is 4.97. The minimum absolute atomic E-state index is 0.0348. The van der Waals surface area contributed by atoms with E-state index < -0.39 is 5.72 Å². The first-order valence-corrected chi connectivity index (χ1v) is 8.61. The van der Waals surface area contributed by atoms with Crippen LogP contribution in [0, 0.1) is 0 Å². The number of benzene rings is 1. The van der Waals surface area contributed by atoms with E-state index in [0.29, 0.717) is 17.4 Å². The number of amides is 1. The SMILES string of the molecule is CC(C)c1cc2c(c(C(C)C)c1)OC1(CCCCC1)NC2=O. The Hall–Kier alpha value is -1.51. The maximum absolute atomic E-state index is 12.7. The van der Waals surface area contributed by atoms with Gasteiger partial charge in [-0.05, 0) is 41.9 Å². The molecule has 3 heteroatoms. The zero-order chi connectivity index (χ0) is 15.9. The molecule has 0 aromatic heterocycles. The van der Waals surface area contributed by atoms with Gasteiger partial charge in [0.15, 0.2) is 5.72 Å². The fourth-order valence-corrected chi connectivity index (χ4v) is 3.56. The van der Waals surface area contributed by atoms with Gasteiger partial charge in [-0.25, -0.2) is 0 Å². The lowest BCUT2D eigenvalue weighted by molar-refractivity contribution is -0.00954. The second-order valence-electron chi connectivity index (χ2n) is 7.41. The lowest BCUT2D eigenvalue weighted by Crippen LogP contribution is -2.57. The zero-order valence-corrected chi connectivity index (χ0v) is 14.2. The Morgan fingerprint density at radius 2 is 1.73 bits per heavy atom. The molecule has 1 N–H and O–H groups in total. The third kappa shape index (κ3) is 2.62. The van der Waals surface area contributed by atoms with Crippen LogP contribution >= 0.6 is 0 Å². The second kappa shape index (κ2) is 5.60. The standard InChI is InChI=1S/C19H27NO2/c1-12(2)14-10-15(13(3)4)17-16(11-14)18(21)20-19(22-17)8-6-5-7-9-19/h10-13H,5-9H2,1-4H3,(H,20,21). The highest BCUT2D eigenvalue weighted by molar-refractivity contribution is 5.99. The Morgan fingerprint density at radius 3 is 2.32 bits per heavy atom. The maximum Gasteiger partial charge on any atom is 0.258 e. The summed E-state index contributed by atoms with van der Waals surface area (Å²) in [6, 6.07) is 4.24. The molecule has 120 valence electrons. The van der Waals surface area contributed by atoms with Crippen molar-refractivity contribution in [1.82, 2.24) is 5.32 Å². The molecule has 22 heavy (non-hydrogen) atoms. The molecule has 3 nitrogen and oxygen atoms in total. The molecule has 0 atom stereocenters. The molecule has 1 aromatic carbocycles.